The number of rotatable bonds is 6. The van der Waals surface area contributed by atoms with Gasteiger partial charge >= 0.3 is 0 Å². The molecule has 0 aliphatic heterocycles. The Bertz CT molecular complexity index is 497. The molecule has 1 atom stereocenters. The summed E-state index contributed by atoms with van der Waals surface area (Å²) in [5.41, 5.74) is 6.25. The van der Waals surface area contributed by atoms with Crippen molar-refractivity contribution in [1.29, 1.82) is 0 Å². The van der Waals surface area contributed by atoms with Gasteiger partial charge in [0, 0.05) is 25.3 Å². The van der Waals surface area contributed by atoms with Crippen LogP contribution in [0.3, 0.4) is 0 Å². The van der Waals surface area contributed by atoms with Crippen molar-refractivity contribution >= 4 is 27.5 Å². The summed E-state index contributed by atoms with van der Waals surface area (Å²) in [5.74, 6) is -0.589. The van der Waals surface area contributed by atoms with Crippen molar-refractivity contribution in [2.75, 3.05) is 25.2 Å². The van der Waals surface area contributed by atoms with Crippen molar-refractivity contribution in [2.45, 2.75) is 19.9 Å². The lowest BCUT2D eigenvalue weighted by atomic mass is 10.1. The standard InChI is InChI=1S/C13H19BrFN3O2/c1-4-18(8(2)7-20-3)10-6-5-9(13(16)17-19)11(14)12(10)15/h5-6,8,19H,4,7H2,1-3H3,(H2,16,17). The van der Waals surface area contributed by atoms with Crippen LogP contribution in [0.25, 0.3) is 0 Å². The van der Waals surface area contributed by atoms with Crippen LogP contribution >= 0.6 is 15.9 Å². The highest BCUT2D eigenvalue weighted by molar-refractivity contribution is 9.10. The van der Waals surface area contributed by atoms with Crippen LogP contribution in [0.4, 0.5) is 10.1 Å². The summed E-state index contributed by atoms with van der Waals surface area (Å²) in [5, 5.41) is 11.6. The molecule has 3 N–H and O–H groups in total. The van der Waals surface area contributed by atoms with Gasteiger partial charge in [0.25, 0.3) is 0 Å². The maximum absolute atomic E-state index is 14.5. The van der Waals surface area contributed by atoms with Crippen molar-refractivity contribution in [3.63, 3.8) is 0 Å². The van der Waals surface area contributed by atoms with Crippen LogP contribution in [0, 0.1) is 5.82 Å². The quantitative estimate of drug-likeness (QED) is 0.359. The number of benzene rings is 1. The Labute approximate surface area is 126 Å². The fraction of sp³-hybridized carbons (Fsp3) is 0.462. The van der Waals surface area contributed by atoms with E-state index in [1.807, 2.05) is 18.7 Å². The second kappa shape index (κ2) is 7.44. The van der Waals surface area contributed by atoms with Crippen molar-refractivity contribution in [3.05, 3.63) is 28.0 Å². The molecule has 0 fully saturated rings. The maximum Gasteiger partial charge on any atom is 0.171 e. The number of nitrogens with zero attached hydrogens (tertiary/aromatic N) is 2. The molecule has 0 amide bonds. The van der Waals surface area contributed by atoms with Crippen LogP contribution in [0.1, 0.15) is 19.4 Å². The molecule has 5 nitrogen and oxygen atoms in total. The summed E-state index contributed by atoms with van der Waals surface area (Å²) < 4.78 is 19.8. The molecule has 0 bridgehead atoms. The number of nitrogens with two attached hydrogens (primary N) is 1. The van der Waals surface area contributed by atoms with Gasteiger partial charge in [-0.2, -0.15) is 0 Å². The average molecular weight is 348 g/mol. The van der Waals surface area contributed by atoms with E-state index in [4.69, 9.17) is 15.7 Å². The molecule has 112 valence electrons. The van der Waals surface area contributed by atoms with Crippen LogP contribution in [0.5, 0.6) is 0 Å². The third kappa shape index (κ3) is 3.40. The maximum atomic E-state index is 14.5. The molecular formula is C13H19BrFN3O2. The zero-order chi connectivity index (χ0) is 15.3. The largest absolute Gasteiger partial charge is 0.409 e. The summed E-state index contributed by atoms with van der Waals surface area (Å²) in [6, 6.07) is 3.25. The second-order valence-electron chi connectivity index (χ2n) is 4.34. The second-order valence-corrected chi connectivity index (χ2v) is 5.13. The first kappa shape index (κ1) is 16.7. The fourth-order valence-corrected chi connectivity index (χ4v) is 2.60. The van der Waals surface area contributed by atoms with E-state index in [2.05, 4.69) is 21.1 Å². The summed E-state index contributed by atoms with van der Waals surface area (Å²) in [4.78, 5) is 1.89. The topological polar surface area (TPSA) is 71.1 Å². The summed E-state index contributed by atoms with van der Waals surface area (Å²) in [6.07, 6.45) is 0. The normalized spacial score (nSPS) is 13.3. The lowest BCUT2D eigenvalue weighted by Gasteiger charge is -2.30. The van der Waals surface area contributed by atoms with Crippen LogP contribution in [0.15, 0.2) is 21.8 Å². The number of ether oxygens (including phenoxy) is 1. The van der Waals surface area contributed by atoms with E-state index in [9.17, 15) is 4.39 Å². The van der Waals surface area contributed by atoms with Crippen LogP contribution in [0.2, 0.25) is 0 Å². The molecule has 0 aromatic heterocycles. The number of halogens is 2. The molecule has 1 aromatic carbocycles. The molecule has 1 rings (SSSR count). The van der Waals surface area contributed by atoms with E-state index in [0.29, 0.717) is 24.4 Å². The van der Waals surface area contributed by atoms with Gasteiger partial charge in [0.1, 0.15) is 0 Å². The number of methoxy groups -OCH3 is 1. The Morgan fingerprint density at radius 2 is 2.25 bits per heavy atom. The molecule has 0 spiro atoms. The molecule has 0 heterocycles. The first-order valence-electron chi connectivity index (χ1n) is 6.19. The monoisotopic (exact) mass is 347 g/mol. The first-order valence-corrected chi connectivity index (χ1v) is 6.98. The van der Waals surface area contributed by atoms with Crippen LogP contribution in [-0.2, 0) is 4.74 Å². The lowest BCUT2D eigenvalue weighted by molar-refractivity contribution is 0.181. The molecule has 7 heteroatoms. The molecule has 1 unspecified atom stereocenters. The third-order valence-electron chi connectivity index (χ3n) is 3.04. The van der Waals surface area contributed by atoms with E-state index in [1.54, 1.807) is 19.2 Å². The van der Waals surface area contributed by atoms with Gasteiger partial charge in [0.15, 0.2) is 11.7 Å². The van der Waals surface area contributed by atoms with Crippen molar-refractivity contribution < 1.29 is 14.3 Å². The zero-order valence-electron chi connectivity index (χ0n) is 11.7. The van der Waals surface area contributed by atoms with Crippen LogP contribution < -0.4 is 10.6 Å². The third-order valence-corrected chi connectivity index (χ3v) is 3.81. The van der Waals surface area contributed by atoms with Gasteiger partial charge in [-0.05, 0) is 41.9 Å². The van der Waals surface area contributed by atoms with Gasteiger partial charge < -0.3 is 20.6 Å². The SMILES string of the molecule is CCN(c1ccc(/C(N)=N/O)c(Br)c1F)C(C)COC. The predicted molar refractivity (Wildman–Crippen MR) is 81.0 cm³/mol. The molecule has 0 saturated carbocycles. The Balaban J connectivity index is 3.23. The molecule has 0 aliphatic rings. The van der Waals surface area contributed by atoms with Gasteiger partial charge in [-0.3, -0.25) is 0 Å². The van der Waals surface area contributed by atoms with E-state index < -0.39 is 5.82 Å². The van der Waals surface area contributed by atoms with E-state index in [-0.39, 0.29) is 16.4 Å². The number of hydrogen-bond donors (Lipinski definition) is 2. The van der Waals surface area contributed by atoms with Gasteiger partial charge in [-0.25, -0.2) is 4.39 Å². The minimum atomic E-state index is -0.445. The number of amidine groups is 1. The Kier molecular flexibility index (Phi) is 6.22. The van der Waals surface area contributed by atoms with E-state index in [0.717, 1.165) is 0 Å². The smallest absolute Gasteiger partial charge is 0.171 e. The fourth-order valence-electron chi connectivity index (χ4n) is 2.06. The van der Waals surface area contributed by atoms with Gasteiger partial charge in [-0.15, -0.1) is 0 Å². The predicted octanol–water partition coefficient (Wildman–Crippen LogP) is 2.54. The number of anilines is 1. The summed E-state index contributed by atoms with van der Waals surface area (Å²) in [7, 11) is 1.61. The molecule has 0 saturated heterocycles. The minimum absolute atomic E-state index is 0.0288. The average Bonchev–Trinajstić information content (AvgIpc) is 2.44. The van der Waals surface area contributed by atoms with Crippen LogP contribution in [-0.4, -0.2) is 37.3 Å². The number of hydrogen-bond acceptors (Lipinski definition) is 4. The lowest BCUT2D eigenvalue weighted by Crippen LogP contribution is -2.36. The molecule has 20 heavy (non-hydrogen) atoms. The minimum Gasteiger partial charge on any atom is -0.409 e. The summed E-state index contributed by atoms with van der Waals surface area (Å²) >= 11 is 3.15. The van der Waals surface area contributed by atoms with Crippen molar-refractivity contribution in [3.8, 4) is 0 Å². The Morgan fingerprint density at radius 1 is 1.60 bits per heavy atom. The van der Waals surface area contributed by atoms with Gasteiger partial charge in [0.05, 0.1) is 16.8 Å². The Hall–Kier alpha value is -1.34. The highest BCUT2D eigenvalue weighted by Crippen LogP contribution is 2.30. The van der Waals surface area contributed by atoms with Crippen molar-refractivity contribution in [1.82, 2.24) is 0 Å². The van der Waals surface area contributed by atoms with E-state index >= 15 is 0 Å². The van der Waals surface area contributed by atoms with Crippen molar-refractivity contribution in [2.24, 2.45) is 10.9 Å². The molecule has 0 radical (unpaired) electrons. The zero-order valence-corrected chi connectivity index (χ0v) is 13.3. The highest BCUT2D eigenvalue weighted by atomic mass is 79.9. The number of likely N-dealkylation sites (N-methyl/N-ethyl adjacent to an activating group) is 1. The molecule has 0 aliphatic carbocycles. The highest BCUT2D eigenvalue weighted by Gasteiger charge is 2.20. The number of oxime groups is 1. The Morgan fingerprint density at radius 3 is 2.75 bits per heavy atom. The molecule has 1 aromatic rings. The van der Waals surface area contributed by atoms with Gasteiger partial charge in [0.2, 0.25) is 0 Å². The molecular weight excluding hydrogens is 329 g/mol. The van der Waals surface area contributed by atoms with Gasteiger partial charge in [-0.1, -0.05) is 5.16 Å². The van der Waals surface area contributed by atoms with E-state index in [1.165, 1.54) is 0 Å². The first-order chi connectivity index (χ1) is 9.47. The summed E-state index contributed by atoms with van der Waals surface area (Å²) in [6.45, 7) is 5.03.